The Labute approximate surface area is 113 Å². The van der Waals surface area contributed by atoms with Crippen molar-refractivity contribution in [1.82, 2.24) is 4.98 Å². The molecular weight excluding hydrogens is 267 g/mol. The van der Waals surface area contributed by atoms with Gasteiger partial charge in [0.1, 0.15) is 5.82 Å². The number of rotatable bonds is 2. The number of pyridine rings is 1. The third kappa shape index (κ3) is 2.88. The van der Waals surface area contributed by atoms with Crippen LogP contribution in [0.1, 0.15) is 11.1 Å². The summed E-state index contributed by atoms with van der Waals surface area (Å²) in [4.78, 5) is 3.91. The Balaban J connectivity index is 2.51. The summed E-state index contributed by atoms with van der Waals surface area (Å²) in [6, 6.07) is 8.39. The summed E-state index contributed by atoms with van der Waals surface area (Å²) in [5, 5.41) is 8.64. The molecule has 0 aliphatic heterocycles. The van der Waals surface area contributed by atoms with E-state index in [1.54, 1.807) is 6.07 Å². The van der Waals surface area contributed by atoms with Crippen molar-refractivity contribution < 1.29 is 13.2 Å². The molecule has 1 aromatic heterocycles. The zero-order chi connectivity index (χ0) is 14.8. The molecule has 0 spiro atoms. The summed E-state index contributed by atoms with van der Waals surface area (Å²) in [5.74, 6) is 0.131. The molecule has 0 unspecified atom stereocenters. The Morgan fingerprint density at radius 1 is 1.25 bits per heavy atom. The van der Waals surface area contributed by atoms with Crippen molar-refractivity contribution in [2.45, 2.75) is 12.6 Å². The molecular formula is C14H10F3N3. The Morgan fingerprint density at radius 2 is 2.00 bits per heavy atom. The first-order chi connectivity index (χ1) is 9.41. The Morgan fingerprint density at radius 3 is 2.65 bits per heavy atom. The van der Waals surface area contributed by atoms with Crippen LogP contribution in [0, 0.1) is 11.3 Å². The number of alkyl halides is 3. The van der Waals surface area contributed by atoms with Crippen molar-refractivity contribution in [2.24, 2.45) is 0 Å². The molecule has 0 aliphatic carbocycles. The van der Waals surface area contributed by atoms with Crippen LogP contribution in [0.15, 0.2) is 36.5 Å². The van der Waals surface area contributed by atoms with E-state index in [4.69, 9.17) is 11.0 Å². The third-order valence-electron chi connectivity index (χ3n) is 2.76. The predicted octanol–water partition coefficient (Wildman–Crippen LogP) is 3.42. The summed E-state index contributed by atoms with van der Waals surface area (Å²) in [7, 11) is 0. The van der Waals surface area contributed by atoms with E-state index in [-0.39, 0.29) is 12.2 Å². The standard InChI is InChI=1S/C14H10F3N3/c15-14(16,17)11-3-1-2-10(7-11)12-6-9(4-5-18)8-20-13(12)19/h1-3,6-8H,4H2,(H2,19,20). The predicted molar refractivity (Wildman–Crippen MR) is 68.4 cm³/mol. The summed E-state index contributed by atoms with van der Waals surface area (Å²) in [6.45, 7) is 0. The maximum atomic E-state index is 12.7. The minimum atomic E-state index is -4.41. The molecule has 2 N–H and O–H groups in total. The number of nitrogen functional groups attached to an aromatic ring is 1. The van der Waals surface area contributed by atoms with Crippen LogP contribution in [0.3, 0.4) is 0 Å². The topological polar surface area (TPSA) is 62.7 Å². The van der Waals surface area contributed by atoms with E-state index in [2.05, 4.69) is 4.98 Å². The average Bonchev–Trinajstić information content (AvgIpc) is 2.40. The molecule has 0 aliphatic rings. The van der Waals surface area contributed by atoms with E-state index in [0.29, 0.717) is 16.7 Å². The molecule has 6 heteroatoms. The van der Waals surface area contributed by atoms with Gasteiger partial charge in [0.15, 0.2) is 0 Å². The lowest BCUT2D eigenvalue weighted by Gasteiger charge is -2.10. The van der Waals surface area contributed by atoms with Gasteiger partial charge in [-0.3, -0.25) is 0 Å². The second kappa shape index (κ2) is 5.21. The molecule has 0 radical (unpaired) electrons. The van der Waals surface area contributed by atoms with Gasteiger partial charge in [0.25, 0.3) is 0 Å². The second-order valence-corrected chi connectivity index (χ2v) is 4.19. The van der Waals surface area contributed by atoms with Gasteiger partial charge in [0.05, 0.1) is 18.1 Å². The molecule has 0 bridgehead atoms. The van der Waals surface area contributed by atoms with Gasteiger partial charge in [0, 0.05) is 11.8 Å². The van der Waals surface area contributed by atoms with E-state index in [1.165, 1.54) is 18.3 Å². The fraction of sp³-hybridized carbons (Fsp3) is 0.143. The number of anilines is 1. The fourth-order valence-electron chi connectivity index (χ4n) is 1.80. The normalized spacial score (nSPS) is 11.1. The average molecular weight is 277 g/mol. The van der Waals surface area contributed by atoms with Gasteiger partial charge in [-0.15, -0.1) is 0 Å². The van der Waals surface area contributed by atoms with Gasteiger partial charge < -0.3 is 5.73 Å². The zero-order valence-electron chi connectivity index (χ0n) is 10.3. The van der Waals surface area contributed by atoms with E-state index >= 15 is 0 Å². The minimum absolute atomic E-state index is 0.124. The summed E-state index contributed by atoms with van der Waals surface area (Å²) < 4.78 is 38.1. The van der Waals surface area contributed by atoms with Gasteiger partial charge in [-0.1, -0.05) is 12.1 Å². The highest BCUT2D eigenvalue weighted by atomic mass is 19.4. The van der Waals surface area contributed by atoms with Gasteiger partial charge in [0.2, 0.25) is 0 Å². The smallest absolute Gasteiger partial charge is 0.383 e. The highest BCUT2D eigenvalue weighted by molar-refractivity contribution is 5.74. The van der Waals surface area contributed by atoms with Crippen LogP contribution in [-0.4, -0.2) is 4.98 Å². The van der Waals surface area contributed by atoms with Crippen LogP contribution in [-0.2, 0) is 12.6 Å². The number of hydrogen-bond donors (Lipinski definition) is 1. The number of hydrogen-bond acceptors (Lipinski definition) is 3. The van der Waals surface area contributed by atoms with E-state index < -0.39 is 11.7 Å². The van der Waals surface area contributed by atoms with E-state index in [1.807, 2.05) is 6.07 Å². The molecule has 20 heavy (non-hydrogen) atoms. The molecule has 0 saturated heterocycles. The molecule has 2 rings (SSSR count). The first kappa shape index (κ1) is 13.9. The van der Waals surface area contributed by atoms with Crippen molar-refractivity contribution in [3.05, 3.63) is 47.7 Å². The largest absolute Gasteiger partial charge is 0.416 e. The number of nitrogens with two attached hydrogens (primary N) is 1. The Hall–Kier alpha value is -2.55. The van der Waals surface area contributed by atoms with Crippen LogP contribution in [0.5, 0.6) is 0 Å². The number of nitrogens with zero attached hydrogens (tertiary/aromatic N) is 2. The number of aromatic nitrogens is 1. The maximum absolute atomic E-state index is 12.7. The summed E-state index contributed by atoms with van der Waals surface area (Å²) in [6.07, 6.45) is -2.85. The molecule has 0 atom stereocenters. The molecule has 1 heterocycles. The van der Waals surface area contributed by atoms with Crippen LogP contribution in [0.4, 0.5) is 19.0 Å². The van der Waals surface area contributed by atoms with Gasteiger partial charge in [-0.25, -0.2) is 4.98 Å². The lowest BCUT2D eigenvalue weighted by Crippen LogP contribution is -2.05. The Kier molecular flexibility index (Phi) is 3.61. The first-order valence-corrected chi connectivity index (χ1v) is 5.71. The zero-order valence-corrected chi connectivity index (χ0v) is 10.3. The van der Waals surface area contributed by atoms with Gasteiger partial charge >= 0.3 is 6.18 Å². The highest BCUT2D eigenvalue weighted by Crippen LogP contribution is 2.33. The third-order valence-corrected chi connectivity index (χ3v) is 2.76. The number of nitriles is 1. The number of halogens is 3. The Bertz CT molecular complexity index is 672. The van der Waals surface area contributed by atoms with Gasteiger partial charge in [-0.2, -0.15) is 18.4 Å². The fourth-order valence-corrected chi connectivity index (χ4v) is 1.80. The van der Waals surface area contributed by atoms with Crippen molar-refractivity contribution in [1.29, 1.82) is 5.26 Å². The highest BCUT2D eigenvalue weighted by Gasteiger charge is 2.30. The van der Waals surface area contributed by atoms with Gasteiger partial charge in [-0.05, 0) is 29.3 Å². The quantitative estimate of drug-likeness (QED) is 0.914. The maximum Gasteiger partial charge on any atom is 0.416 e. The molecule has 0 saturated carbocycles. The molecule has 0 fully saturated rings. The molecule has 0 amide bonds. The molecule has 102 valence electrons. The van der Waals surface area contributed by atoms with Crippen LogP contribution < -0.4 is 5.73 Å². The molecule has 3 nitrogen and oxygen atoms in total. The minimum Gasteiger partial charge on any atom is -0.383 e. The molecule has 2 aromatic rings. The number of benzene rings is 1. The van der Waals surface area contributed by atoms with E-state index in [0.717, 1.165) is 12.1 Å². The van der Waals surface area contributed by atoms with Crippen LogP contribution in [0.2, 0.25) is 0 Å². The van der Waals surface area contributed by atoms with Crippen molar-refractivity contribution in [3.63, 3.8) is 0 Å². The van der Waals surface area contributed by atoms with Crippen LogP contribution >= 0.6 is 0 Å². The lowest BCUT2D eigenvalue weighted by molar-refractivity contribution is -0.137. The first-order valence-electron chi connectivity index (χ1n) is 5.71. The monoisotopic (exact) mass is 277 g/mol. The summed E-state index contributed by atoms with van der Waals surface area (Å²) in [5.41, 5.74) is 6.27. The van der Waals surface area contributed by atoms with Crippen molar-refractivity contribution in [3.8, 4) is 17.2 Å². The lowest BCUT2D eigenvalue weighted by atomic mass is 10.0. The summed E-state index contributed by atoms with van der Waals surface area (Å²) >= 11 is 0. The second-order valence-electron chi connectivity index (χ2n) is 4.19. The van der Waals surface area contributed by atoms with E-state index in [9.17, 15) is 13.2 Å². The molecule has 1 aromatic carbocycles. The van der Waals surface area contributed by atoms with Crippen molar-refractivity contribution >= 4 is 5.82 Å². The van der Waals surface area contributed by atoms with Crippen molar-refractivity contribution in [2.75, 3.05) is 5.73 Å². The van der Waals surface area contributed by atoms with Crippen LogP contribution in [0.25, 0.3) is 11.1 Å². The SMILES string of the molecule is N#CCc1cnc(N)c(-c2cccc(C(F)(F)F)c2)c1.